The molecule has 1 aromatic carbocycles. The maximum Gasteiger partial charge on any atom is 0.161 e. The summed E-state index contributed by atoms with van der Waals surface area (Å²) >= 11 is 0. The molecule has 0 unspecified atom stereocenters. The molecule has 2 N–H and O–H groups in total. The minimum absolute atomic E-state index is 0.0251. The van der Waals surface area contributed by atoms with E-state index in [-0.39, 0.29) is 12.7 Å². The van der Waals surface area contributed by atoms with Crippen LogP contribution >= 0.6 is 0 Å². The van der Waals surface area contributed by atoms with E-state index in [2.05, 4.69) is 0 Å². The van der Waals surface area contributed by atoms with E-state index in [1.165, 1.54) is 0 Å². The summed E-state index contributed by atoms with van der Waals surface area (Å²) in [7, 11) is 1.57. The zero-order valence-electron chi connectivity index (χ0n) is 10.6. The molecule has 0 bridgehead atoms. The summed E-state index contributed by atoms with van der Waals surface area (Å²) in [4.78, 5) is 0. The monoisotopic (exact) mass is 252 g/mol. The zero-order chi connectivity index (χ0) is 13.0. The molecule has 0 heterocycles. The predicted octanol–water partition coefficient (Wildman–Crippen LogP) is 1.87. The number of rotatable bonds is 4. The van der Waals surface area contributed by atoms with E-state index in [0.717, 1.165) is 31.2 Å². The van der Waals surface area contributed by atoms with Crippen molar-refractivity contribution in [3.8, 4) is 11.5 Å². The number of aliphatic hydroxyl groups is 2. The predicted molar refractivity (Wildman–Crippen MR) is 67.8 cm³/mol. The van der Waals surface area contributed by atoms with Gasteiger partial charge in [0.1, 0.15) is 6.10 Å². The average Bonchev–Trinajstić information content (AvgIpc) is 2.41. The third kappa shape index (κ3) is 2.94. The van der Waals surface area contributed by atoms with Crippen molar-refractivity contribution in [1.29, 1.82) is 0 Å². The van der Waals surface area contributed by atoms with Gasteiger partial charge in [-0.15, -0.1) is 0 Å². The van der Waals surface area contributed by atoms with Crippen molar-refractivity contribution in [1.82, 2.24) is 0 Å². The van der Waals surface area contributed by atoms with Crippen LogP contribution < -0.4 is 9.47 Å². The highest BCUT2D eigenvalue weighted by molar-refractivity contribution is 5.43. The Balaban J connectivity index is 2.12. The van der Waals surface area contributed by atoms with E-state index in [1.807, 2.05) is 0 Å². The average molecular weight is 252 g/mol. The third-order valence-electron chi connectivity index (χ3n) is 3.36. The van der Waals surface area contributed by atoms with E-state index >= 15 is 0 Å². The van der Waals surface area contributed by atoms with Crippen LogP contribution in [0.3, 0.4) is 0 Å². The number of benzene rings is 1. The Morgan fingerprint density at radius 2 is 2.00 bits per heavy atom. The minimum atomic E-state index is -0.402. The summed E-state index contributed by atoms with van der Waals surface area (Å²) in [6.45, 7) is -0.0251. The Bertz CT molecular complexity index is 391. The molecular formula is C14H20O4. The first-order chi connectivity index (χ1) is 8.74. The van der Waals surface area contributed by atoms with Gasteiger partial charge in [0.15, 0.2) is 11.5 Å². The van der Waals surface area contributed by atoms with Gasteiger partial charge in [0.25, 0.3) is 0 Å². The van der Waals surface area contributed by atoms with Gasteiger partial charge in [-0.25, -0.2) is 0 Å². The molecule has 1 fully saturated rings. The van der Waals surface area contributed by atoms with Crippen molar-refractivity contribution in [3.63, 3.8) is 0 Å². The van der Waals surface area contributed by atoms with Crippen LogP contribution in [0.2, 0.25) is 0 Å². The Kier molecular flexibility index (Phi) is 4.44. The van der Waals surface area contributed by atoms with Crippen LogP contribution in [0.5, 0.6) is 11.5 Å². The van der Waals surface area contributed by atoms with E-state index in [9.17, 15) is 5.11 Å². The maximum absolute atomic E-state index is 9.89. The molecule has 1 aliphatic rings. The van der Waals surface area contributed by atoms with Gasteiger partial charge < -0.3 is 19.7 Å². The Hall–Kier alpha value is -1.26. The van der Waals surface area contributed by atoms with E-state index in [4.69, 9.17) is 14.6 Å². The molecule has 1 aliphatic carbocycles. The van der Waals surface area contributed by atoms with Gasteiger partial charge in [0.2, 0.25) is 0 Å². The fourth-order valence-electron chi connectivity index (χ4n) is 2.29. The van der Waals surface area contributed by atoms with Gasteiger partial charge in [-0.05, 0) is 37.0 Å². The summed E-state index contributed by atoms with van der Waals surface area (Å²) < 4.78 is 11.1. The molecule has 18 heavy (non-hydrogen) atoms. The topological polar surface area (TPSA) is 58.9 Å². The molecular weight excluding hydrogens is 232 g/mol. The number of hydrogen-bond acceptors (Lipinski definition) is 4. The van der Waals surface area contributed by atoms with Gasteiger partial charge in [-0.3, -0.25) is 0 Å². The molecule has 0 spiro atoms. The van der Waals surface area contributed by atoms with E-state index < -0.39 is 6.10 Å². The summed E-state index contributed by atoms with van der Waals surface area (Å²) in [5, 5.41) is 19.0. The lowest BCUT2D eigenvalue weighted by Crippen LogP contribution is -2.34. The lowest BCUT2D eigenvalue weighted by Gasteiger charge is -2.28. The highest BCUT2D eigenvalue weighted by Gasteiger charge is 2.25. The second-order valence-electron chi connectivity index (χ2n) is 4.65. The third-order valence-corrected chi connectivity index (χ3v) is 3.36. The molecule has 0 amide bonds. The largest absolute Gasteiger partial charge is 0.493 e. The zero-order valence-corrected chi connectivity index (χ0v) is 10.6. The lowest BCUT2D eigenvalue weighted by atomic mass is 9.95. The second-order valence-corrected chi connectivity index (χ2v) is 4.65. The molecule has 0 radical (unpaired) electrons. The van der Waals surface area contributed by atoms with Crippen molar-refractivity contribution in [2.24, 2.45) is 0 Å². The van der Waals surface area contributed by atoms with Crippen LogP contribution in [0.25, 0.3) is 0 Å². The molecule has 4 nitrogen and oxygen atoms in total. The summed E-state index contributed by atoms with van der Waals surface area (Å²) in [5.41, 5.74) is 0.781. The quantitative estimate of drug-likeness (QED) is 0.859. The van der Waals surface area contributed by atoms with Gasteiger partial charge in [-0.1, -0.05) is 12.5 Å². The normalized spacial score (nSPS) is 23.7. The first kappa shape index (κ1) is 13.2. The lowest BCUT2D eigenvalue weighted by molar-refractivity contribution is 0.00565. The molecule has 4 heteroatoms. The van der Waals surface area contributed by atoms with Crippen LogP contribution in [0.4, 0.5) is 0 Å². The molecule has 0 saturated heterocycles. The Morgan fingerprint density at radius 1 is 1.22 bits per heavy atom. The summed E-state index contributed by atoms with van der Waals surface area (Å²) in [6.07, 6.45) is 3.24. The molecule has 2 atom stereocenters. The molecule has 1 saturated carbocycles. The van der Waals surface area contributed by atoms with Crippen molar-refractivity contribution in [2.75, 3.05) is 7.11 Å². The van der Waals surface area contributed by atoms with Gasteiger partial charge in [0.05, 0.1) is 19.8 Å². The maximum atomic E-state index is 9.89. The number of methoxy groups -OCH3 is 1. The first-order valence-corrected chi connectivity index (χ1v) is 6.37. The fourth-order valence-corrected chi connectivity index (χ4v) is 2.29. The summed E-state index contributed by atoms with van der Waals surface area (Å²) in [5.74, 6) is 1.22. The van der Waals surface area contributed by atoms with Gasteiger partial charge in [0, 0.05) is 0 Å². The van der Waals surface area contributed by atoms with Crippen LogP contribution in [0, 0.1) is 0 Å². The van der Waals surface area contributed by atoms with Crippen LogP contribution in [-0.4, -0.2) is 29.5 Å². The van der Waals surface area contributed by atoms with E-state index in [1.54, 1.807) is 25.3 Å². The minimum Gasteiger partial charge on any atom is -0.493 e. The highest BCUT2D eigenvalue weighted by atomic mass is 16.5. The van der Waals surface area contributed by atoms with Crippen LogP contribution in [0.15, 0.2) is 18.2 Å². The molecule has 2 rings (SSSR count). The van der Waals surface area contributed by atoms with Crippen molar-refractivity contribution in [3.05, 3.63) is 23.8 Å². The number of ether oxygens (including phenoxy) is 2. The van der Waals surface area contributed by atoms with Gasteiger partial charge >= 0.3 is 0 Å². The summed E-state index contributed by atoms with van der Waals surface area (Å²) in [6, 6.07) is 5.34. The van der Waals surface area contributed by atoms with Crippen molar-refractivity contribution >= 4 is 0 Å². The first-order valence-electron chi connectivity index (χ1n) is 6.37. The SMILES string of the molecule is COc1cc(CO)ccc1O[C@@H]1CCCC[C@H]1O. The van der Waals surface area contributed by atoms with Crippen molar-refractivity contribution < 1.29 is 19.7 Å². The molecule has 0 aromatic heterocycles. The van der Waals surface area contributed by atoms with Crippen molar-refractivity contribution in [2.45, 2.75) is 44.5 Å². The molecule has 1 aromatic rings. The standard InChI is InChI=1S/C14H20O4/c1-17-14-8-10(9-15)6-7-13(14)18-12-5-3-2-4-11(12)16/h6-8,11-12,15-16H,2-5,9H2,1H3/t11-,12-/m1/s1. The smallest absolute Gasteiger partial charge is 0.161 e. The van der Waals surface area contributed by atoms with Gasteiger partial charge in [-0.2, -0.15) is 0 Å². The molecule has 0 aliphatic heterocycles. The van der Waals surface area contributed by atoms with E-state index in [0.29, 0.717) is 11.5 Å². The Labute approximate surface area is 107 Å². The van der Waals surface area contributed by atoms with Crippen LogP contribution in [-0.2, 0) is 6.61 Å². The number of hydrogen-bond donors (Lipinski definition) is 2. The Morgan fingerprint density at radius 3 is 2.67 bits per heavy atom. The molecule has 100 valence electrons. The number of aliphatic hydroxyl groups excluding tert-OH is 2. The second kappa shape index (κ2) is 6.07. The highest BCUT2D eigenvalue weighted by Crippen LogP contribution is 2.32. The van der Waals surface area contributed by atoms with Crippen LogP contribution in [0.1, 0.15) is 31.2 Å². The fraction of sp³-hybridized carbons (Fsp3) is 0.571.